The molecule has 0 aliphatic rings. The Morgan fingerprint density at radius 2 is 1.32 bits per heavy atom. The molecule has 2 aromatic rings. The second-order valence-corrected chi connectivity index (χ2v) is 4.27. The number of phenols is 2. The molecule has 0 aliphatic heterocycles. The zero-order valence-electron chi connectivity index (χ0n) is 10.2. The molecule has 2 aromatic carbocycles. The van der Waals surface area contributed by atoms with E-state index in [1.54, 1.807) is 36.4 Å². The van der Waals surface area contributed by atoms with E-state index < -0.39 is 11.9 Å². The second kappa shape index (κ2) is 5.44. The first-order valence-electron chi connectivity index (χ1n) is 5.87. The van der Waals surface area contributed by atoms with Gasteiger partial charge in [0.2, 0.25) is 0 Å². The normalized spacial score (nSPS) is 10.6. The van der Waals surface area contributed by atoms with Gasteiger partial charge in [0, 0.05) is 17.0 Å². The van der Waals surface area contributed by atoms with Gasteiger partial charge in [0.15, 0.2) is 0 Å². The van der Waals surface area contributed by atoms with Gasteiger partial charge in [-0.1, -0.05) is 36.4 Å². The molecular weight excluding hydrogens is 244 g/mol. The Morgan fingerprint density at radius 3 is 1.68 bits per heavy atom. The smallest absolute Gasteiger partial charge is 0.304 e. The second-order valence-electron chi connectivity index (χ2n) is 4.27. The fourth-order valence-electron chi connectivity index (χ4n) is 2.13. The highest BCUT2D eigenvalue weighted by Gasteiger charge is 2.22. The van der Waals surface area contributed by atoms with Gasteiger partial charge in [-0.2, -0.15) is 0 Å². The first kappa shape index (κ1) is 13.0. The lowest BCUT2D eigenvalue weighted by atomic mass is 9.87. The number of rotatable bonds is 4. The van der Waals surface area contributed by atoms with Gasteiger partial charge in [-0.3, -0.25) is 4.79 Å². The van der Waals surface area contributed by atoms with E-state index in [-0.39, 0.29) is 17.9 Å². The van der Waals surface area contributed by atoms with Gasteiger partial charge < -0.3 is 15.3 Å². The maximum absolute atomic E-state index is 11.0. The van der Waals surface area contributed by atoms with Crippen LogP contribution in [-0.4, -0.2) is 21.3 Å². The molecule has 19 heavy (non-hydrogen) atoms. The van der Waals surface area contributed by atoms with Gasteiger partial charge in [0.05, 0.1) is 6.42 Å². The molecule has 0 amide bonds. The molecular formula is C15H14O4. The highest BCUT2D eigenvalue weighted by atomic mass is 16.4. The summed E-state index contributed by atoms with van der Waals surface area (Å²) in [5.41, 5.74) is 0.984. The molecule has 0 unspecified atom stereocenters. The lowest BCUT2D eigenvalue weighted by molar-refractivity contribution is -0.137. The van der Waals surface area contributed by atoms with E-state index in [1.165, 1.54) is 12.1 Å². The van der Waals surface area contributed by atoms with Gasteiger partial charge in [-0.25, -0.2) is 0 Å². The number of phenolic OH excluding ortho intramolecular Hbond substituents is 2. The molecule has 0 heterocycles. The number of carboxylic acid groups (broad SMARTS) is 1. The van der Waals surface area contributed by atoms with Gasteiger partial charge in [0.1, 0.15) is 11.5 Å². The van der Waals surface area contributed by atoms with Crippen molar-refractivity contribution in [3.05, 3.63) is 59.7 Å². The van der Waals surface area contributed by atoms with Crippen molar-refractivity contribution in [2.24, 2.45) is 0 Å². The summed E-state index contributed by atoms with van der Waals surface area (Å²) < 4.78 is 0. The molecule has 0 spiro atoms. The van der Waals surface area contributed by atoms with Crippen molar-refractivity contribution >= 4 is 5.97 Å². The van der Waals surface area contributed by atoms with Crippen LogP contribution in [0.5, 0.6) is 11.5 Å². The number of carboxylic acids is 1. The number of para-hydroxylation sites is 2. The highest BCUT2D eigenvalue weighted by Crippen LogP contribution is 2.37. The van der Waals surface area contributed by atoms with Crippen LogP contribution in [0.1, 0.15) is 23.5 Å². The van der Waals surface area contributed by atoms with Crippen LogP contribution < -0.4 is 0 Å². The molecule has 0 aliphatic carbocycles. The van der Waals surface area contributed by atoms with E-state index >= 15 is 0 Å². The maximum Gasteiger partial charge on any atom is 0.304 e. The van der Waals surface area contributed by atoms with E-state index in [2.05, 4.69) is 0 Å². The lowest BCUT2D eigenvalue weighted by Gasteiger charge is -2.18. The van der Waals surface area contributed by atoms with E-state index in [0.29, 0.717) is 11.1 Å². The largest absolute Gasteiger partial charge is 0.508 e. The van der Waals surface area contributed by atoms with Crippen molar-refractivity contribution in [2.45, 2.75) is 12.3 Å². The monoisotopic (exact) mass is 258 g/mol. The summed E-state index contributed by atoms with van der Waals surface area (Å²) in [7, 11) is 0. The van der Waals surface area contributed by atoms with Crippen LogP contribution in [0.15, 0.2) is 48.5 Å². The van der Waals surface area contributed by atoms with E-state index in [0.717, 1.165) is 0 Å². The third kappa shape index (κ3) is 2.85. The number of aliphatic carboxylic acids is 1. The fourth-order valence-corrected chi connectivity index (χ4v) is 2.13. The van der Waals surface area contributed by atoms with E-state index in [1.807, 2.05) is 0 Å². The van der Waals surface area contributed by atoms with Crippen molar-refractivity contribution in [3.63, 3.8) is 0 Å². The molecule has 0 radical (unpaired) electrons. The summed E-state index contributed by atoms with van der Waals surface area (Å²) in [5.74, 6) is -1.52. The van der Waals surface area contributed by atoms with Gasteiger partial charge in [-0.15, -0.1) is 0 Å². The van der Waals surface area contributed by atoms with Crippen LogP contribution >= 0.6 is 0 Å². The van der Waals surface area contributed by atoms with E-state index in [9.17, 15) is 15.0 Å². The zero-order valence-corrected chi connectivity index (χ0v) is 10.2. The minimum Gasteiger partial charge on any atom is -0.508 e. The molecule has 0 aromatic heterocycles. The van der Waals surface area contributed by atoms with Crippen LogP contribution in [0.4, 0.5) is 0 Å². The standard InChI is InChI=1S/C15H14O4/c16-13-7-3-1-5-10(13)12(9-15(18)19)11-6-2-4-8-14(11)17/h1-8,12,16-17H,9H2,(H,18,19). The Morgan fingerprint density at radius 1 is 0.895 bits per heavy atom. The molecule has 4 heteroatoms. The number of carbonyl (C=O) groups is 1. The molecule has 2 rings (SSSR count). The number of benzene rings is 2. The topological polar surface area (TPSA) is 77.8 Å². The fraction of sp³-hybridized carbons (Fsp3) is 0.133. The van der Waals surface area contributed by atoms with Crippen molar-refractivity contribution in [1.29, 1.82) is 0 Å². The molecule has 0 saturated carbocycles. The number of hydrogen-bond donors (Lipinski definition) is 3. The predicted molar refractivity (Wildman–Crippen MR) is 70.3 cm³/mol. The quantitative estimate of drug-likeness (QED) is 0.788. The van der Waals surface area contributed by atoms with Gasteiger partial charge >= 0.3 is 5.97 Å². The summed E-state index contributed by atoms with van der Waals surface area (Å²) >= 11 is 0. The van der Waals surface area contributed by atoms with Gasteiger partial charge in [0.25, 0.3) is 0 Å². The van der Waals surface area contributed by atoms with Crippen LogP contribution in [0, 0.1) is 0 Å². The Bertz CT molecular complexity index is 547. The minimum absolute atomic E-state index is 0.0250. The Labute approximate surface area is 110 Å². The number of aromatic hydroxyl groups is 2. The van der Waals surface area contributed by atoms with Crippen molar-refractivity contribution in [1.82, 2.24) is 0 Å². The Hall–Kier alpha value is -2.49. The van der Waals surface area contributed by atoms with Crippen molar-refractivity contribution < 1.29 is 20.1 Å². The molecule has 3 N–H and O–H groups in total. The molecule has 0 saturated heterocycles. The Kier molecular flexibility index (Phi) is 3.71. The SMILES string of the molecule is O=C(O)CC(c1ccccc1O)c1ccccc1O. The van der Waals surface area contributed by atoms with Crippen LogP contribution in [0.3, 0.4) is 0 Å². The summed E-state index contributed by atoms with van der Waals surface area (Å²) in [6, 6.07) is 13.1. The zero-order chi connectivity index (χ0) is 13.8. The first-order valence-corrected chi connectivity index (χ1v) is 5.87. The Balaban J connectivity index is 2.51. The van der Waals surface area contributed by atoms with Crippen LogP contribution in [-0.2, 0) is 4.79 Å². The number of hydrogen-bond acceptors (Lipinski definition) is 3. The maximum atomic E-state index is 11.0. The van der Waals surface area contributed by atoms with Crippen molar-refractivity contribution in [2.75, 3.05) is 0 Å². The summed E-state index contributed by atoms with van der Waals surface area (Å²) in [5, 5.41) is 28.8. The predicted octanol–water partition coefficient (Wildman–Crippen LogP) is 2.70. The minimum atomic E-state index is -0.989. The molecule has 0 bridgehead atoms. The molecule has 98 valence electrons. The molecule has 0 fully saturated rings. The van der Waals surface area contributed by atoms with Crippen molar-refractivity contribution in [3.8, 4) is 11.5 Å². The average Bonchev–Trinajstić information content (AvgIpc) is 2.37. The summed E-state index contributed by atoms with van der Waals surface area (Å²) in [6.45, 7) is 0. The molecule has 0 atom stereocenters. The third-order valence-electron chi connectivity index (χ3n) is 3.00. The first-order chi connectivity index (χ1) is 9.09. The van der Waals surface area contributed by atoms with Crippen LogP contribution in [0.25, 0.3) is 0 Å². The average molecular weight is 258 g/mol. The summed E-state index contributed by atoms with van der Waals surface area (Å²) in [6.07, 6.45) is -0.199. The lowest BCUT2D eigenvalue weighted by Crippen LogP contribution is -2.08. The molecule has 4 nitrogen and oxygen atoms in total. The third-order valence-corrected chi connectivity index (χ3v) is 3.00. The van der Waals surface area contributed by atoms with E-state index in [4.69, 9.17) is 5.11 Å². The van der Waals surface area contributed by atoms with Gasteiger partial charge in [-0.05, 0) is 12.1 Å². The summed E-state index contributed by atoms with van der Waals surface area (Å²) in [4.78, 5) is 11.0. The van der Waals surface area contributed by atoms with Crippen LogP contribution in [0.2, 0.25) is 0 Å². The highest BCUT2D eigenvalue weighted by molar-refractivity contribution is 5.70.